The maximum atomic E-state index is 13.6. The number of rotatable bonds is 8. The number of nitro groups is 1. The van der Waals surface area contributed by atoms with Gasteiger partial charge in [0.25, 0.3) is 0 Å². The normalized spacial score (nSPS) is 11.8. The molecule has 8 heterocycles. The van der Waals surface area contributed by atoms with Gasteiger partial charge < -0.3 is 42.3 Å². The van der Waals surface area contributed by atoms with Gasteiger partial charge in [-0.1, -0.05) is 78.9 Å². The number of nitrogens with zero attached hydrogens (tertiary/aromatic N) is 4. The summed E-state index contributed by atoms with van der Waals surface area (Å²) >= 11 is 0. The minimum Gasteiger partial charge on any atom is -0.508 e. The van der Waals surface area contributed by atoms with Crippen LogP contribution in [-0.4, -0.2) is 34.2 Å². The van der Waals surface area contributed by atoms with Crippen molar-refractivity contribution in [2.24, 2.45) is 0 Å². The molecule has 7 aromatic heterocycles. The smallest absolute Gasteiger partial charge is 0.415 e. The molecule has 0 saturated carbocycles. The number of aryl methyl sites for hydroxylation is 16. The van der Waals surface area contributed by atoms with Gasteiger partial charge in [0.1, 0.15) is 57.4 Å². The predicted molar refractivity (Wildman–Crippen MR) is 449 cm³/mol. The third-order valence-electron chi connectivity index (χ3n) is 22.4. The summed E-state index contributed by atoms with van der Waals surface area (Å²) in [5.41, 5.74) is 26.7. The van der Waals surface area contributed by atoms with Crippen molar-refractivity contribution in [1.29, 1.82) is 0 Å². The van der Waals surface area contributed by atoms with Crippen molar-refractivity contribution < 1.29 is 38.2 Å². The van der Waals surface area contributed by atoms with Gasteiger partial charge in [0.15, 0.2) is 0 Å². The Bertz CT molecular complexity index is 6990. The molecule has 0 fully saturated rings. The number of fused-ring (bicyclic) bond motifs is 16. The molecule has 16 heteroatoms. The van der Waals surface area contributed by atoms with Gasteiger partial charge in [-0.25, -0.2) is 14.4 Å². The second-order valence-electron chi connectivity index (χ2n) is 30.1. The number of benzene rings is 10. The van der Waals surface area contributed by atoms with Crippen molar-refractivity contribution in [3.05, 3.63) is 330 Å². The maximum Gasteiger partial charge on any atom is 0.415 e. The number of hydrogen-bond acceptors (Lipinski definition) is 13. The molecule has 0 radical (unpaired) electrons. The molecule has 0 amide bonds. The molecule has 3 N–H and O–H groups in total. The SMILES string of the molecule is Cc1cc(-c2c3n(c4c(=O)oc5cc(O)c(C)cc5c24)CCc2cc(O)c(C)cc2-3)ccc1O.Cc1cc2cc([N+](=O)[O-])c(=O)oc2cc1C.Cc1ccc(-c2c3c4cc(C)c(C)cc4oc(=O)c3n3ccc4cc(OCc5ccccc5)c(C)cc4c23)cc1C.Cc1ccc(Cc2nccc3cc(C)c(C)cc23)cc1C. The Morgan fingerprint density at radius 3 is 1.69 bits per heavy atom. The van der Waals surface area contributed by atoms with Crippen LogP contribution in [0.3, 0.4) is 0 Å². The highest BCUT2D eigenvalue weighted by Crippen LogP contribution is 2.49. The number of phenolic OH excluding ortho intramolecular Hbond substituents is 3. The molecule has 1 aliphatic rings. The van der Waals surface area contributed by atoms with E-state index in [2.05, 4.69) is 151 Å². The molecule has 112 heavy (non-hydrogen) atoms. The molecule has 17 aromatic rings. The van der Waals surface area contributed by atoms with E-state index in [9.17, 15) is 39.8 Å². The summed E-state index contributed by atoms with van der Waals surface area (Å²) in [5, 5.41) is 50.0. The lowest BCUT2D eigenvalue weighted by atomic mass is 9.90. The first-order valence-electron chi connectivity index (χ1n) is 37.3. The standard InChI is InChI=1S/C37H31NO3.C28H23NO5.C20H21N.C11H9NO4/c1-21-11-12-28(15-22(21)2)33-34-30-16-23(3)24(4)18-32(30)41-37(39)36(34)38-14-13-27-19-31(25(5)17-29(27)35(33)38)40-20-26-9-7-6-8-10-26;1-13-8-17(4-5-20(13)30)24-25-19-10-15(3)22(32)12-23(19)34-28(33)27(25)29-7-6-16-11-21(31)14(2)9-18(16)26(24)29;1-13-5-6-17(9-14(13)2)12-20-19-11-16(4)15(3)10-18(19)7-8-21-20;1-6-3-8-5-9(12(14)15)11(13)16-10(8)4-7(6)2/h6-19H,20H2,1-5H3;4-5,8-12,30-32H,6-7H2,1-3H3;5-11H,12H2,1-4H3;3-5H,1-2H3. The molecule has 0 aliphatic carbocycles. The van der Waals surface area contributed by atoms with E-state index < -0.39 is 21.9 Å². The zero-order valence-electron chi connectivity index (χ0n) is 65.0. The fourth-order valence-electron chi connectivity index (χ4n) is 15.4. The highest BCUT2D eigenvalue weighted by atomic mass is 16.6. The molecular formula is C96H84N4O12. The number of phenols is 3. The van der Waals surface area contributed by atoms with E-state index >= 15 is 0 Å². The summed E-state index contributed by atoms with van der Waals surface area (Å²) in [7, 11) is 0. The van der Waals surface area contributed by atoms with E-state index in [0.29, 0.717) is 58.3 Å². The average Bonchev–Trinajstić information content (AvgIpc) is 1.56. The number of ether oxygens (including phenoxy) is 1. The molecule has 18 rings (SSSR count). The average molecular weight is 1490 g/mol. The summed E-state index contributed by atoms with van der Waals surface area (Å²) in [6, 6.07) is 57.8. The van der Waals surface area contributed by atoms with Crippen LogP contribution in [0.4, 0.5) is 5.69 Å². The molecule has 16 nitrogen and oxygen atoms in total. The van der Waals surface area contributed by atoms with Gasteiger partial charge in [0.05, 0.1) is 21.8 Å². The fourth-order valence-corrected chi connectivity index (χ4v) is 15.4. The molecule has 0 saturated heterocycles. The van der Waals surface area contributed by atoms with Crippen LogP contribution < -0.4 is 21.6 Å². The molecular weight excluding hydrogens is 1400 g/mol. The van der Waals surface area contributed by atoms with Crippen molar-refractivity contribution >= 4 is 87.5 Å². The third-order valence-corrected chi connectivity index (χ3v) is 22.4. The maximum absolute atomic E-state index is 13.6. The quantitative estimate of drug-likeness (QED) is 0.0732. The lowest BCUT2D eigenvalue weighted by Crippen LogP contribution is -2.14. The van der Waals surface area contributed by atoms with Gasteiger partial charge in [0.2, 0.25) is 0 Å². The second-order valence-corrected chi connectivity index (χ2v) is 30.1. The van der Waals surface area contributed by atoms with Crippen LogP contribution >= 0.6 is 0 Å². The van der Waals surface area contributed by atoms with E-state index in [1.807, 2.05) is 111 Å². The largest absolute Gasteiger partial charge is 0.508 e. The van der Waals surface area contributed by atoms with Gasteiger partial charge in [-0.2, -0.15) is 0 Å². The van der Waals surface area contributed by atoms with Gasteiger partial charge in [-0.3, -0.25) is 15.1 Å². The fraction of sp³-hybridized carbons (Fsp3) is 0.188. The number of aromatic hydroxyl groups is 3. The minimum absolute atomic E-state index is 0.0671. The van der Waals surface area contributed by atoms with Gasteiger partial charge in [-0.15, -0.1) is 0 Å². The van der Waals surface area contributed by atoms with Crippen LogP contribution in [0.1, 0.15) is 100 Å². The number of hydrogen-bond donors (Lipinski definition) is 3. The molecule has 10 aromatic carbocycles. The highest BCUT2D eigenvalue weighted by Gasteiger charge is 2.31. The van der Waals surface area contributed by atoms with E-state index in [-0.39, 0.29) is 22.9 Å². The van der Waals surface area contributed by atoms with E-state index in [4.69, 9.17) is 18.0 Å². The van der Waals surface area contributed by atoms with E-state index in [1.54, 1.807) is 24.3 Å². The Morgan fingerprint density at radius 1 is 0.446 bits per heavy atom. The Kier molecular flexibility index (Phi) is 19.4. The van der Waals surface area contributed by atoms with Crippen LogP contribution in [0.5, 0.6) is 23.0 Å². The highest BCUT2D eigenvalue weighted by molar-refractivity contribution is 6.22. The monoisotopic (exact) mass is 1480 g/mol. The number of aromatic nitrogens is 3. The van der Waals surface area contributed by atoms with Crippen molar-refractivity contribution in [2.75, 3.05) is 0 Å². The lowest BCUT2D eigenvalue weighted by molar-refractivity contribution is -0.387. The Balaban J connectivity index is 0.000000125. The van der Waals surface area contributed by atoms with Crippen molar-refractivity contribution in [3.8, 4) is 56.5 Å². The van der Waals surface area contributed by atoms with Crippen LogP contribution in [0.2, 0.25) is 0 Å². The third kappa shape index (κ3) is 13.6. The summed E-state index contributed by atoms with van der Waals surface area (Å²) in [6.07, 6.45) is 5.47. The number of pyridine rings is 2. The Morgan fingerprint density at radius 2 is 0.991 bits per heavy atom. The zero-order chi connectivity index (χ0) is 79.2. The van der Waals surface area contributed by atoms with E-state index in [0.717, 1.165) is 134 Å². The summed E-state index contributed by atoms with van der Waals surface area (Å²) in [6.45, 7) is 29.5. The molecule has 1 aliphatic heterocycles. The summed E-state index contributed by atoms with van der Waals surface area (Å²) < 4.78 is 26.8. The van der Waals surface area contributed by atoms with E-state index in [1.165, 1.54) is 67.5 Å². The first-order valence-corrected chi connectivity index (χ1v) is 37.3. The first-order chi connectivity index (χ1) is 53.6. The van der Waals surface area contributed by atoms with Gasteiger partial charge in [0, 0.05) is 91.9 Å². The zero-order valence-corrected chi connectivity index (χ0v) is 65.0. The topological polar surface area (TPSA) is 226 Å². The molecule has 0 unspecified atom stereocenters. The van der Waals surface area contributed by atoms with Crippen LogP contribution in [0.15, 0.2) is 216 Å². The van der Waals surface area contributed by atoms with Gasteiger partial charge >= 0.3 is 22.6 Å². The lowest BCUT2D eigenvalue weighted by Gasteiger charge is -2.22. The Labute approximate surface area is 645 Å². The molecule has 0 bridgehead atoms. The summed E-state index contributed by atoms with van der Waals surface area (Å²) in [5.74, 6) is 1.37. The minimum atomic E-state index is -0.916. The van der Waals surface area contributed by atoms with Crippen LogP contribution in [0, 0.1) is 107 Å². The predicted octanol–water partition coefficient (Wildman–Crippen LogP) is 22.2. The Hall–Kier alpha value is -13.3. The van der Waals surface area contributed by atoms with Crippen molar-refractivity contribution in [2.45, 2.75) is 123 Å². The van der Waals surface area contributed by atoms with Gasteiger partial charge in [-0.05, 0) is 305 Å². The second kappa shape index (κ2) is 29.2. The van der Waals surface area contributed by atoms with Crippen molar-refractivity contribution in [3.63, 3.8) is 0 Å². The molecule has 0 spiro atoms. The summed E-state index contributed by atoms with van der Waals surface area (Å²) in [4.78, 5) is 52.7. The molecule has 560 valence electrons. The molecule has 0 atom stereocenters. The van der Waals surface area contributed by atoms with Crippen molar-refractivity contribution in [1.82, 2.24) is 14.0 Å². The van der Waals surface area contributed by atoms with Crippen LogP contribution in [0.25, 0.3) is 115 Å². The first kappa shape index (κ1) is 74.1. The van der Waals surface area contributed by atoms with Crippen LogP contribution in [-0.2, 0) is 26.0 Å².